The predicted octanol–water partition coefficient (Wildman–Crippen LogP) is 3.82. The summed E-state index contributed by atoms with van der Waals surface area (Å²) in [6.07, 6.45) is 0. The maximum absolute atomic E-state index is 5.73. The van der Waals surface area contributed by atoms with Gasteiger partial charge in [-0.05, 0) is 31.5 Å². The molecule has 2 aromatic carbocycles. The lowest BCUT2D eigenvalue weighted by Crippen LogP contribution is -2.01. The average molecular weight is 251 g/mol. The van der Waals surface area contributed by atoms with Crippen molar-refractivity contribution in [3.63, 3.8) is 0 Å². The molecule has 1 aliphatic heterocycles. The van der Waals surface area contributed by atoms with Gasteiger partial charge in [-0.15, -0.1) is 0 Å². The Bertz CT molecular complexity index is 596. The molecule has 96 valence electrons. The van der Waals surface area contributed by atoms with Crippen LogP contribution in [0.4, 0.5) is 0 Å². The van der Waals surface area contributed by atoms with Gasteiger partial charge in [0.1, 0.15) is 12.6 Å². The van der Waals surface area contributed by atoms with E-state index in [0.29, 0.717) is 6.61 Å². The van der Waals surface area contributed by atoms with Crippen LogP contribution in [0.2, 0.25) is 0 Å². The molecule has 0 aliphatic carbocycles. The van der Waals surface area contributed by atoms with Crippen molar-refractivity contribution in [2.45, 2.75) is 19.9 Å². The van der Waals surface area contributed by atoms with E-state index in [0.717, 1.165) is 11.5 Å². The molecule has 0 saturated heterocycles. The zero-order chi connectivity index (χ0) is 13.2. The molecule has 2 heteroatoms. The Morgan fingerprint density at radius 2 is 1.47 bits per heavy atom. The van der Waals surface area contributed by atoms with Gasteiger partial charge < -0.3 is 4.74 Å². The van der Waals surface area contributed by atoms with Gasteiger partial charge in [-0.1, -0.05) is 47.5 Å². The van der Waals surface area contributed by atoms with Gasteiger partial charge in [-0.2, -0.15) is 0 Å². The van der Waals surface area contributed by atoms with Crippen molar-refractivity contribution in [3.05, 3.63) is 70.8 Å². The lowest BCUT2D eigenvalue weighted by molar-refractivity contribution is 0.320. The van der Waals surface area contributed by atoms with Crippen molar-refractivity contribution < 1.29 is 4.74 Å². The van der Waals surface area contributed by atoms with Crippen molar-refractivity contribution in [1.29, 1.82) is 0 Å². The molecule has 0 aromatic heterocycles. The number of aryl methyl sites for hydroxylation is 2. The minimum Gasteiger partial charge on any atom is -0.475 e. The summed E-state index contributed by atoms with van der Waals surface area (Å²) in [4.78, 5) is 4.68. The Hall–Kier alpha value is -2.09. The molecule has 1 heterocycles. The third-order valence-electron chi connectivity index (χ3n) is 3.41. The van der Waals surface area contributed by atoms with Gasteiger partial charge in [0.25, 0.3) is 0 Å². The summed E-state index contributed by atoms with van der Waals surface area (Å²) < 4.78 is 5.73. The fourth-order valence-corrected chi connectivity index (χ4v) is 2.19. The second kappa shape index (κ2) is 4.88. The number of hydrogen-bond acceptors (Lipinski definition) is 2. The quantitative estimate of drug-likeness (QED) is 0.795. The third-order valence-corrected chi connectivity index (χ3v) is 3.41. The van der Waals surface area contributed by atoms with Gasteiger partial charge >= 0.3 is 0 Å². The first kappa shape index (κ1) is 12.0. The van der Waals surface area contributed by atoms with Crippen molar-refractivity contribution in [2.75, 3.05) is 6.61 Å². The van der Waals surface area contributed by atoms with E-state index < -0.39 is 0 Å². The van der Waals surface area contributed by atoms with Gasteiger partial charge in [0.2, 0.25) is 5.90 Å². The molecule has 0 amide bonds. The number of benzene rings is 2. The largest absolute Gasteiger partial charge is 0.475 e. The van der Waals surface area contributed by atoms with Crippen LogP contribution in [0.15, 0.2) is 53.5 Å². The summed E-state index contributed by atoms with van der Waals surface area (Å²) >= 11 is 0. The van der Waals surface area contributed by atoms with Gasteiger partial charge in [0.15, 0.2) is 0 Å². The molecular formula is C17H17NO. The number of hydrogen-bond donors (Lipinski definition) is 0. The lowest BCUT2D eigenvalue weighted by Gasteiger charge is -2.04. The highest BCUT2D eigenvalue weighted by atomic mass is 16.5. The van der Waals surface area contributed by atoms with Crippen LogP contribution in [0.5, 0.6) is 0 Å². The average Bonchev–Trinajstić information content (AvgIpc) is 2.90. The van der Waals surface area contributed by atoms with Crippen molar-refractivity contribution in [1.82, 2.24) is 0 Å². The summed E-state index contributed by atoms with van der Waals surface area (Å²) in [5.41, 5.74) is 4.79. The van der Waals surface area contributed by atoms with Gasteiger partial charge in [0.05, 0.1) is 0 Å². The molecule has 1 atom stereocenters. The van der Waals surface area contributed by atoms with E-state index in [4.69, 9.17) is 4.74 Å². The SMILES string of the molecule is Cc1ccc(C2=NC(c3ccc(C)cc3)CO2)cc1. The van der Waals surface area contributed by atoms with Crippen LogP contribution >= 0.6 is 0 Å². The zero-order valence-corrected chi connectivity index (χ0v) is 11.3. The van der Waals surface area contributed by atoms with E-state index in [1.54, 1.807) is 0 Å². The topological polar surface area (TPSA) is 21.6 Å². The van der Waals surface area contributed by atoms with Crippen LogP contribution in [0.3, 0.4) is 0 Å². The Kier molecular flexibility index (Phi) is 3.08. The Balaban J connectivity index is 1.84. The van der Waals surface area contributed by atoms with E-state index >= 15 is 0 Å². The standard InChI is InChI=1S/C17H17NO/c1-12-3-7-14(8-4-12)16-11-19-17(18-16)15-9-5-13(2)6-10-15/h3-10,16H,11H2,1-2H3. The van der Waals surface area contributed by atoms with Crippen LogP contribution in [0, 0.1) is 13.8 Å². The molecule has 1 unspecified atom stereocenters. The maximum Gasteiger partial charge on any atom is 0.216 e. The summed E-state index contributed by atoms with van der Waals surface area (Å²) in [6, 6.07) is 16.9. The first-order valence-electron chi connectivity index (χ1n) is 6.56. The van der Waals surface area contributed by atoms with Crippen LogP contribution in [0.1, 0.15) is 28.3 Å². The minimum atomic E-state index is 0.122. The Morgan fingerprint density at radius 1 is 0.895 bits per heavy atom. The molecule has 0 fully saturated rings. The fraction of sp³-hybridized carbons (Fsp3) is 0.235. The smallest absolute Gasteiger partial charge is 0.216 e. The van der Waals surface area contributed by atoms with Crippen LogP contribution in [-0.2, 0) is 4.74 Å². The molecule has 2 nitrogen and oxygen atoms in total. The number of nitrogens with zero attached hydrogens (tertiary/aromatic N) is 1. The number of rotatable bonds is 2. The first-order valence-corrected chi connectivity index (χ1v) is 6.56. The Morgan fingerprint density at radius 3 is 2.11 bits per heavy atom. The van der Waals surface area contributed by atoms with E-state index in [9.17, 15) is 0 Å². The third kappa shape index (κ3) is 2.53. The van der Waals surface area contributed by atoms with Gasteiger partial charge in [0, 0.05) is 5.56 Å². The molecule has 0 spiro atoms. The van der Waals surface area contributed by atoms with E-state index in [-0.39, 0.29) is 6.04 Å². The molecule has 0 radical (unpaired) electrons. The molecule has 0 N–H and O–H groups in total. The molecular weight excluding hydrogens is 234 g/mol. The summed E-state index contributed by atoms with van der Waals surface area (Å²) in [6.45, 7) is 4.80. The Labute approximate surface area is 113 Å². The number of aliphatic imine (C=N–C) groups is 1. The van der Waals surface area contributed by atoms with E-state index in [1.165, 1.54) is 16.7 Å². The molecule has 0 bridgehead atoms. The molecule has 2 aromatic rings. The summed E-state index contributed by atoms with van der Waals surface area (Å²) in [5.74, 6) is 0.755. The van der Waals surface area contributed by atoms with Crippen molar-refractivity contribution in [2.24, 2.45) is 4.99 Å². The van der Waals surface area contributed by atoms with Crippen LogP contribution < -0.4 is 0 Å². The van der Waals surface area contributed by atoms with Crippen LogP contribution in [-0.4, -0.2) is 12.5 Å². The summed E-state index contributed by atoms with van der Waals surface area (Å²) in [5, 5.41) is 0. The molecule has 19 heavy (non-hydrogen) atoms. The zero-order valence-electron chi connectivity index (χ0n) is 11.3. The molecule has 1 aliphatic rings. The summed E-state index contributed by atoms with van der Waals surface area (Å²) in [7, 11) is 0. The number of ether oxygens (including phenoxy) is 1. The van der Waals surface area contributed by atoms with Gasteiger partial charge in [-0.25, -0.2) is 4.99 Å². The lowest BCUT2D eigenvalue weighted by atomic mass is 10.1. The predicted molar refractivity (Wildman–Crippen MR) is 77.6 cm³/mol. The fourth-order valence-electron chi connectivity index (χ4n) is 2.19. The van der Waals surface area contributed by atoms with E-state index in [1.807, 2.05) is 0 Å². The maximum atomic E-state index is 5.73. The van der Waals surface area contributed by atoms with Crippen LogP contribution in [0.25, 0.3) is 0 Å². The first-order chi connectivity index (χ1) is 9.22. The highest BCUT2D eigenvalue weighted by molar-refractivity contribution is 5.95. The highest BCUT2D eigenvalue weighted by Gasteiger charge is 2.21. The second-order valence-electron chi connectivity index (χ2n) is 5.04. The highest BCUT2D eigenvalue weighted by Crippen LogP contribution is 2.25. The van der Waals surface area contributed by atoms with Crippen molar-refractivity contribution >= 4 is 5.90 Å². The van der Waals surface area contributed by atoms with E-state index in [2.05, 4.69) is 67.4 Å². The minimum absolute atomic E-state index is 0.122. The monoisotopic (exact) mass is 251 g/mol. The normalized spacial score (nSPS) is 18.0. The second-order valence-corrected chi connectivity index (χ2v) is 5.04. The van der Waals surface area contributed by atoms with Gasteiger partial charge in [-0.3, -0.25) is 0 Å². The molecule has 3 rings (SSSR count). The van der Waals surface area contributed by atoms with Crippen molar-refractivity contribution in [3.8, 4) is 0 Å². The molecule has 0 saturated carbocycles.